The largest absolute Gasteiger partial charge is 0.339 e. The maximum atomic E-state index is 5.63. The summed E-state index contributed by atoms with van der Waals surface area (Å²) in [7, 11) is 0. The molecule has 1 aromatic rings. The van der Waals surface area contributed by atoms with Crippen LogP contribution in [0.15, 0.2) is 4.52 Å². The average Bonchev–Trinajstić information content (AvgIpc) is 2.93. The number of nitrogens with zero attached hydrogens (tertiary/aromatic N) is 2. The van der Waals surface area contributed by atoms with E-state index in [1.54, 1.807) is 0 Å². The number of aromatic nitrogens is 2. The first-order chi connectivity index (χ1) is 9.60. The van der Waals surface area contributed by atoms with Crippen LogP contribution in [-0.2, 0) is 6.42 Å². The number of hydrogen-bond donors (Lipinski definition) is 1. The lowest BCUT2D eigenvalue weighted by molar-refractivity contribution is 0.251. The van der Waals surface area contributed by atoms with E-state index in [2.05, 4.69) is 30.9 Å². The van der Waals surface area contributed by atoms with Crippen LogP contribution in [0.2, 0.25) is 0 Å². The van der Waals surface area contributed by atoms with E-state index in [9.17, 15) is 0 Å². The standard InChI is InChI=1S/C16H29N3O/c1-11(2)13-5-7-14(8-6-13)16-18-15(20-19-16)9-4-12(3)10-17/h11-14H,4-10,17H2,1-3H3. The summed E-state index contributed by atoms with van der Waals surface area (Å²) in [6.45, 7) is 7.54. The highest BCUT2D eigenvalue weighted by atomic mass is 16.5. The SMILES string of the molecule is CC(CN)CCc1nc(C2CCC(C(C)C)CC2)no1. The molecule has 1 atom stereocenters. The summed E-state index contributed by atoms with van der Waals surface area (Å²) in [6.07, 6.45) is 6.90. The Morgan fingerprint density at radius 3 is 2.50 bits per heavy atom. The summed E-state index contributed by atoms with van der Waals surface area (Å²) in [6, 6.07) is 0. The fraction of sp³-hybridized carbons (Fsp3) is 0.875. The predicted molar refractivity (Wildman–Crippen MR) is 80.4 cm³/mol. The molecule has 20 heavy (non-hydrogen) atoms. The lowest BCUT2D eigenvalue weighted by atomic mass is 9.77. The predicted octanol–water partition coefficient (Wildman–Crippen LogP) is 3.53. The molecule has 2 N–H and O–H groups in total. The summed E-state index contributed by atoms with van der Waals surface area (Å²) in [5.41, 5.74) is 5.63. The second-order valence-corrected chi connectivity index (χ2v) is 6.78. The smallest absolute Gasteiger partial charge is 0.226 e. The number of aryl methyl sites for hydroxylation is 1. The van der Waals surface area contributed by atoms with Crippen molar-refractivity contribution in [2.45, 2.75) is 65.2 Å². The van der Waals surface area contributed by atoms with Gasteiger partial charge in [0, 0.05) is 12.3 Å². The summed E-state index contributed by atoms with van der Waals surface area (Å²) in [5, 5.41) is 4.20. The third-order valence-corrected chi connectivity index (χ3v) is 4.82. The van der Waals surface area contributed by atoms with Gasteiger partial charge in [0.1, 0.15) is 0 Å². The van der Waals surface area contributed by atoms with Gasteiger partial charge in [0.2, 0.25) is 5.89 Å². The fourth-order valence-electron chi connectivity index (χ4n) is 3.07. The molecule has 1 aromatic heterocycles. The van der Waals surface area contributed by atoms with Gasteiger partial charge in [-0.1, -0.05) is 25.9 Å². The highest BCUT2D eigenvalue weighted by Crippen LogP contribution is 2.37. The summed E-state index contributed by atoms with van der Waals surface area (Å²) in [4.78, 5) is 4.59. The van der Waals surface area contributed by atoms with E-state index in [1.165, 1.54) is 25.7 Å². The lowest BCUT2D eigenvalue weighted by Crippen LogP contribution is -2.18. The van der Waals surface area contributed by atoms with Gasteiger partial charge in [-0.2, -0.15) is 4.98 Å². The van der Waals surface area contributed by atoms with Gasteiger partial charge in [-0.25, -0.2) is 0 Å². The van der Waals surface area contributed by atoms with Crippen molar-refractivity contribution in [3.05, 3.63) is 11.7 Å². The van der Waals surface area contributed by atoms with Gasteiger partial charge in [0.15, 0.2) is 5.82 Å². The molecular formula is C16H29N3O. The molecule has 1 aliphatic carbocycles. The quantitative estimate of drug-likeness (QED) is 0.865. The van der Waals surface area contributed by atoms with Gasteiger partial charge in [0.25, 0.3) is 0 Å². The van der Waals surface area contributed by atoms with E-state index in [-0.39, 0.29) is 0 Å². The number of rotatable bonds is 6. The highest BCUT2D eigenvalue weighted by Gasteiger charge is 2.27. The number of hydrogen-bond acceptors (Lipinski definition) is 4. The van der Waals surface area contributed by atoms with Crippen LogP contribution in [0.4, 0.5) is 0 Å². The van der Waals surface area contributed by atoms with Crippen LogP contribution in [0.3, 0.4) is 0 Å². The van der Waals surface area contributed by atoms with Crippen molar-refractivity contribution >= 4 is 0 Å². The van der Waals surface area contributed by atoms with Gasteiger partial charge in [-0.05, 0) is 56.4 Å². The molecule has 4 heteroatoms. The van der Waals surface area contributed by atoms with E-state index in [4.69, 9.17) is 10.3 Å². The lowest BCUT2D eigenvalue weighted by Gasteiger charge is -2.29. The Labute approximate surface area is 122 Å². The van der Waals surface area contributed by atoms with Crippen molar-refractivity contribution in [2.24, 2.45) is 23.5 Å². The summed E-state index contributed by atoms with van der Waals surface area (Å²) >= 11 is 0. The second-order valence-electron chi connectivity index (χ2n) is 6.78. The molecule has 0 saturated heterocycles. The Bertz CT molecular complexity index is 394. The molecule has 1 fully saturated rings. The average molecular weight is 279 g/mol. The zero-order valence-corrected chi connectivity index (χ0v) is 13.1. The first-order valence-electron chi connectivity index (χ1n) is 8.12. The van der Waals surface area contributed by atoms with Crippen molar-refractivity contribution < 1.29 is 4.52 Å². The minimum atomic E-state index is 0.509. The van der Waals surface area contributed by atoms with Gasteiger partial charge in [-0.3, -0.25) is 0 Å². The highest BCUT2D eigenvalue weighted by molar-refractivity contribution is 4.98. The minimum absolute atomic E-state index is 0.509. The third-order valence-electron chi connectivity index (χ3n) is 4.82. The van der Waals surface area contributed by atoms with E-state index < -0.39 is 0 Å². The van der Waals surface area contributed by atoms with E-state index in [1.807, 2.05) is 0 Å². The molecular weight excluding hydrogens is 250 g/mol. The topological polar surface area (TPSA) is 64.9 Å². The minimum Gasteiger partial charge on any atom is -0.339 e. The molecule has 0 spiro atoms. The molecule has 2 rings (SSSR count). The molecule has 0 aliphatic heterocycles. The third kappa shape index (κ3) is 4.05. The van der Waals surface area contributed by atoms with Crippen molar-refractivity contribution in [3.63, 3.8) is 0 Å². The van der Waals surface area contributed by atoms with E-state index in [0.29, 0.717) is 11.8 Å². The van der Waals surface area contributed by atoms with E-state index >= 15 is 0 Å². The molecule has 0 bridgehead atoms. The monoisotopic (exact) mass is 279 g/mol. The van der Waals surface area contributed by atoms with Gasteiger partial charge < -0.3 is 10.3 Å². The molecule has 4 nitrogen and oxygen atoms in total. The first-order valence-corrected chi connectivity index (χ1v) is 8.12. The van der Waals surface area contributed by atoms with E-state index in [0.717, 1.165) is 42.9 Å². The first kappa shape index (κ1) is 15.5. The fourth-order valence-corrected chi connectivity index (χ4v) is 3.07. The van der Waals surface area contributed by atoms with Crippen LogP contribution in [0.5, 0.6) is 0 Å². The number of nitrogens with two attached hydrogens (primary N) is 1. The molecule has 1 aliphatic rings. The van der Waals surface area contributed by atoms with Crippen LogP contribution in [0.25, 0.3) is 0 Å². The van der Waals surface area contributed by atoms with Crippen LogP contribution < -0.4 is 5.73 Å². The summed E-state index contributed by atoms with van der Waals surface area (Å²) in [5.74, 6) is 4.42. The molecule has 114 valence electrons. The van der Waals surface area contributed by atoms with Crippen LogP contribution >= 0.6 is 0 Å². The molecule has 0 aromatic carbocycles. The molecule has 0 amide bonds. The summed E-state index contributed by atoms with van der Waals surface area (Å²) < 4.78 is 5.39. The normalized spacial score (nSPS) is 25.1. The Hall–Kier alpha value is -0.900. The van der Waals surface area contributed by atoms with Crippen LogP contribution in [0, 0.1) is 17.8 Å². The van der Waals surface area contributed by atoms with Crippen molar-refractivity contribution in [3.8, 4) is 0 Å². The molecule has 1 heterocycles. The Morgan fingerprint density at radius 2 is 1.90 bits per heavy atom. The van der Waals surface area contributed by atoms with Gasteiger partial charge in [-0.15, -0.1) is 0 Å². The molecule has 0 radical (unpaired) electrons. The van der Waals surface area contributed by atoms with Crippen LogP contribution in [0.1, 0.15) is 70.5 Å². The Morgan fingerprint density at radius 1 is 1.20 bits per heavy atom. The maximum absolute atomic E-state index is 5.63. The van der Waals surface area contributed by atoms with Crippen molar-refractivity contribution in [1.29, 1.82) is 0 Å². The van der Waals surface area contributed by atoms with Crippen molar-refractivity contribution in [1.82, 2.24) is 10.1 Å². The maximum Gasteiger partial charge on any atom is 0.226 e. The second kappa shape index (κ2) is 7.21. The zero-order chi connectivity index (χ0) is 14.5. The van der Waals surface area contributed by atoms with Gasteiger partial charge in [0.05, 0.1) is 0 Å². The zero-order valence-electron chi connectivity index (χ0n) is 13.1. The molecule has 1 unspecified atom stereocenters. The van der Waals surface area contributed by atoms with Gasteiger partial charge >= 0.3 is 0 Å². The van der Waals surface area contributed by atoms with Crippen LogP contribution in [-0.4, -0.2) is 16.7 Å². The van der Waals surface area contributed by atoms with Crippen molar-refractivity contribution in [2.75, 3.05) is 6.54 Å². The Kier molecular flexibility index (Phi) is 5.58. The Balaban J connectivity index is 1.84. The molecule has 1 saturated carbocycles.